The number of ether oxygens (including phenoxy) is 2. The lowest BCUT2D eigenvalue weighted by molar-refractivity contribution is 0.0994. The molecule has 3 heterocycles. The fraction of sp³-hybridized carbons (Fsp3) is 0.176. The van der Waals surface area contributed by atoms with Gasteiger partial charge in [-0.15, -0.1) is 10.2 Å². The standard InChI is InChI=1S/C34H32N6O3/c1-42-24-15-16-29(30(20-24)43-2)40-31(17-14-22-9-4-3-5-10-22)38-39-34(40)27(26-12-8-18-36-32(26)33(35)41)19-23-21-37-28-13-7-6-11-25(23)28/h3-13,15-16,18,20-21,27,37H,14,17,19H2,1-2H3,(H2,35,41)/t27-/m1/s1. The van der Waals surface area contributed by atoms with Crippen LogP contribution in [0.15, 0.2) is 97.3 Å². The van der Waals surface area contributed by atoms with Crippen LogP contribution in [0, 0.1) is 0 Å². The van der Waals surface area contributed by atoms with Crippen molar-refractivity contribution in [3.8, 4) is 17.2 Å². The molecule has 3 aromatic heterocycles. The van der Waals surface area contributed by atoms with Crippen LogP contribution in [-0.4, -0.2) is 44.9 Å². The molecule has 0 saturated carbocycles. The summed E-state index contributed by atoms with van der Waals surface area (Å²) in [7, 11) is 3.25. The molecule has 0 unspecified atom stereocenters. The number of aromatic nitrogens is 5. The van der Waals surface area contributed by atoms with Crippen molar-refractivity contribution in [1.82, 2.24) is 24.7 Å². The lowest BCUT2D eigenvalue weighted by Gasteiger charge is -2.22. The Bertz CT molecular complexity index is 1880. The first-order valence-electron chi connectivity index (χ1n) is 14.1. The van der Waals surface area contributed by atoms with Crippen molar-refractivity contribution in [2.45, 2.75) is 25.2 Å². The summed E-state index contributed by atoms with van der Waals surface area (Å²) in [5, 5.41) is 10.6. The topological polar surface area (TPSA) is 121 Å². The first-order valence-corrected chi connectivity index (χ1v) is 14.1. The number of benzene rings is 3. The summed E-state index contributed by atoms with van der Waals surface area (Å²) in [4.78, 5) is 20.4. The van der Waals surface area contributed by atoms with Crippen molar-refractivity contribution in [2.24, 2.45) is 5.73 Å². The number of hydrogen-bond acceptors (Lipinski definition) is 6. The van der Waals surface area contributed by atoms with Crippen LogP contribution in [0.25, 0.3) is 16.6 Å². The maximum Gasteiger partial charge on any atom is 0.267 e. The minimum Gasteiger partial charge on any atom is -0.497 e. The van der Waals surface area contributed by atoms with Crippen molar-refractivity contribution >= 4 is 16.8 Å². The number of nitrogens with two attached hydrogens (primary N) is 1. The summed E-state index contributed by atoms with van der Waals surface area (Å²) in [5.74, 6) is 1.66. The molecule has 216 valence electrons. The molecule has 0 spiro atoms. The third kappa shape index (κ3) is 5.57. The summed E-state index contributed by atoms with van der Waals surface area (Å²) >= 11 is 0. The molecule has 0 saturated heterocycles. The van der Waals surface area contributed by atoms with Crippen molar-refractivity contribution in [3.63, 3.8) is 0 Å². The number of pyridine rings is 1. The second-order valence-corrected chi connectivity index (χ2v) is 10.3. The van der Waals surface area contributed by atoms with Gasteiger partial charge in [0.15, 0.2) is 0 Å². The summed E-state index contributed by atoms with van der Waals surface area (Å²) in [6.07, 6.45) is 5.49. The molecule has 0 aliphatic rings. The normalized spacial score (nSPS) is 11.9. The average Bonchev–Trinajstić information content (AvgIpc) is 3.66. The van der Waals surface area contributed by atoms with E-state index in [9.17, 15) is 4.79 Å². The Morgan fingerprint density at radius 2 is 1.74 bits per heavy atom. The van der Waals surface area contributed by atoms with Gasteiger partial charge in [-0.3, -0.25) is 14.3 Å². The maximum atomic E-state index is 12.6. The summed E-state index contributed by atoms with van der Waals surface area (Å²) < 4.78 is 13.4. The Kier molecular flexibility index (Phi) is 7.86. The number of aromatic amines is 1. The van der Waals surface area contributed by atoms with Gasteiger partial charge in [-0.1, -0.05) is 54.6 Å². The highest BCUT2D eigenvalue weighted by atomic mass is 16.5. The highest BCUT2D eigenvalue weighted by Crippen LogP contribution is 2.36. The van der Waals surface area contributed by atoms with E-state index in [0.29, 0.717) is 35.7 Å². The number of nitrogens with zero attached hydrogens (tertiary/aromatic N) is 4. The van der Waals surface area contributed by atoms with Gasteiger partial charge in [0.05, 0.1) is 25.8 Å². The van der Waals surface area contributed by atoms with Gasteiger partial charge in [0.2, 0.25) is 0 Å². The number of hydrogen-bond donors (Lipinski definition) is 2. The number of nitrogens with one attached hydrogen (secondary N) is 1. The molecule has 0 fully saturated rings. The second kappa shape index (κ2) is 12.2. The van der Waals surface area contributed by atoms with E-state index in [0.717, 1.165) is 34.4 Å². The summed E-state index contributed by atoms with van der Waals surface area (Å²) in [6.45, 7) is 0. The minimum absolute atomic E-state index is 0.203. The van der Waals surface area contributed by atoms with Crippen LogP contribution in [0.5, 0.6) is 11.5 Å². The van der Waals surface area contributed by atoms with E-state index < -0.39 is 11.8 Å². The lowest BCUT2D eigenvalue weighted by Crippen LogP contribution is -2.21. The molecule has 1 amide bonds. The number of methoxy groups -OCH3 is 2. The smallest absolute Gasteiger partial charge is 0.267 e. The Morgan fingerprint density at radius 1 is 0.930 bits per heavy atom. The number of fused-ring (bicyclic) bond motifs is 1. The SMILES string of the molecule is COc1ccc(-n2c(CCc3ccccc3)nnc2[C@H](Cc2c[nH]c3ccccc23)c2cccnc2C(N)=O)c(OC)c1. The number of rotatable bonds is 11. The van der Waals surface area contributed by atoms with Gasteiger partial charge < -0.3 is 20.2 Å². The molecule has 43 heavy (non-hydrogen) atoms. The molecule has 6 aromatic rings. The third-order valence-electron chi connectivity index (χ3n) is 7.72. The highest BCUT2D eigenvalue weighted by molar-refractivity contribution is 5.92. The van der Waals surface area contributed by atoms with Crippen molar-refractivity contribution in [3.05, 3.63) is 131 Å². The predicted octanol–water partition coefficient (Wildman–Crippen LogP) is 5.42. The quantitative estimate of drug-likeness (QED) is 0.214. The number of amides is 1. The zero-order valence-corrected chi connectivity index (χ0v) is 24.0. The van der Waals surface area contributed by atoms with E-state index in [4.69, 9.17) is 25.4 Å². The number of carbonyl (C=O) groups is 1. The van der Waals surface area contributed by atoms with Gasteiger partial charge in [0, 0.05) is 35.8 Å². The first kappa shape index (κ1) is 27.7. The molecule has 1 atom stereocenters. The second-order valence-electron chi connectivity index (χ2n) is 10.3. The summed E-state index contributed by atoms with van der Waals surface area (Å²) in [6, 6.07) is 27.8. The van der Waals surface area contributed by atoms with Crippen LogP contribution >= 0.6 is 0 Å². The zero-order valence-electron chi connectivity index (χ0n) is 24.0. The monoisotopic (exact) mass is 572 g/mol. The maximum absolute atomic E-state index is 12.6. The molecule has 0 radical (unpaired) electrons. The fourth-order valence-corrected chi connectivity index (χ4v) is 5.62. The fourth-order valence-electron chi connectivity index (χ4n) is 5.62. The Hall–Kier alpha value is -5.44. The number of H-pyrrole nitrogens is 1. The molecular formula is C34H32N6O3. The van der Waals surface area contributed by atoms with Crippen LogP contribution in [0.3, 0.4) is 0 Å². The Labute approximate surface area is 249 Å². The van der Waals surface area contributed by atoms with Gasteiger partial charge in [-0.25, -0.2) is 0 Å². The van der Waals surface area contributed by atoms with E-state index in [1.165, 1.54) is 5.56 Å². The Balaban J connectivity index is 1.55. The van der Waals surface area contributed by atoms with Crippen LogP contribution in [0.4, 0.5) is 0 Å². The molecule has 0 aliphatic carbocycles. The molecule has 9 nitrogen and oxygen atoms in total. The molecule has 0 bridgehead atoms. The van der Waals surface area contributed by atoms with Crippen LogP contribution < -0.4 is 15.2 Å². The van der Waals surface area contributed by atoms with Crippen molar-refractivity contribution < 1.29 is 14.3 Å². The molecule has 3 N–H and O–H groups in total. The number of para-hydroxylation sites is 1. The Morgan fingerprint density at radius 3 is 2.53 bits per heavy atom. The van der Waals surface area contributed by atoms with E-state index in [1.54, 1.807) is 20.4 Å². The minimum atomic E-state index is -0.600. The van der Waals surface area contributed by atoms with Crippen molar-refractivity contribution in [1.29, 1.82) is 0 Å². The third-order valence-corrected chi connectivity index (χ3v) is 7.72. The van der Waals surface area contributed by atoms with E-state index in [2.05, 4.69) is 28.2 Å². The van der Waals surface area contributed by atoms with Gasteiger partial charge in [0.25, 0.3) is 5.91 Å². The number of carbonyl (C=O) groups excluding carboxylic acids is 1. The van der Waals surface area contributed by atoms with Crippen LogP contribution in [0.1, 0.15) is 44.7 Å². The predicted molar refractivity (Wildman–Crippen MR) is 165 cm³/mol. The summed E-state index contributed by atoms with van der Waals surface area (Å²) in [5.41, 5.74) is 10.8. The van der Waals surface area contributed by atoms with Crippen LogP contribution in [0.2, 0.25) is 0 Å². The zero-order chi connectivity index (χ0) is 29.8. The molecule has 3 aromatic carbocycles. The molecular weight excluding hydrogens is 540 g/mol. The number of aryl methyl sites for hydroxylation is 2. The van der Waals surface area contributed by atoms with Crippen LogP contribution in [-0.2, 0) is 19.3 Å². The number of primary amides is 1. The van der Waals surface area contributed by atoms with Gasteiger partial charge in [0.1, 0.15) is 28.8 Å². The van der Waals surface area contributed by atoms with Gasteiger partial charge in [-0.05, 0) is 53.8 Å². The average molecular weight is 573 g/mol. The highest BCUT2D eigenvalue weighted by Gasteiger charge is 2.30. The first-order chi connectivity index (χ1) is 21.1. The molecule has 6 rings (SSSR count). The van der Waals surface area contributed by atoms with E-state index in [-0.39, 0.29) is 5.69 Å². The van der Waals surface area contributed by atoms with Gasteiger partial charge in [-0.2, -0.15) is 0 Å². The lowest BCUT2D eigenvalue weighted by atomic mass is 9.89. The van der Waals surface area contributed by atoms with E-state index in [1.807, 2.05) is 77.5 Å². The molecule has 0 aliphatic heterocycles. The largest absolute Gasteiger partial charge is 0.497 e. The van der Waals surface area contributed by atoms with E-state index >= 15 is 0 Å². The van der Waals surface area contributed by atoms with Crippen molar-refractivity contribution in [2.75, 3.05) is 14.2 Å². The molecule has 9 heteroatoms. The van der Waals surface area contributed by atoms with Gasteiger partial charge >= 0.3 is 0 Å².